The van der Waals surface area contributed by atoms with Crippen LogP contribution in [0.25, 0.3) is 0 Å². The molecule has 0 saturated carbocycles. The van der Waals surface area contributed by atoms with Crippen molar-refractivity contribution in [3.05, 3.63) is 0 Å². The molecule has 1 unspecified atom stereocenters. The molecule has 0 spiro atoms. The lowest BCUT2D eigenvalue weighted by molar-refractivity contribution is -0.163. The molecular formula is C28H54O3. The van der Waals surface area contributed by atoms with Gasteiger partial charge in [0, 0.05) is 6.42 Å². The van der Waals surface area contributed by atoms with Crippen LogP contribution in [0.2, 0.25) is 0 Å². The molecule has 0 bridgehead atoms. The van der Waals surface area contributed by atoms with Crippen molar-refractivity contribution in [2.24, 2.45) is 5.92 Å². The molecule has 0 rings (SSSR count). The Labute approximate surface area is 194 Å². The van der Waals surface area contributed by atoms with Crippen molar-refractivity contribution >= 4 is 11.9 Å². The molecule has 0 aliphatic rings. The van der Waals surface area contributed by atoms with Gasteiger partial charge in [0.25, 0.3) is 0 Å². The van der Waals surface area contributed by atoms with E-state index in [1.807, 2.05) is 6.92 Å². The van der Waals surface area contributed by atoms with E-state index in [0.29, 0.717) is 6.42 Å². The molecule has 0 aliphatic heterocycles. The molecule has 0 saturated heterocycles. The van der Waals surface area contributed by atoms with Crippen molar-refractivity contribution in [2.45, 2.75) is 162 Å². The third kappa shape index (κ3) is 20.8. The molecule has 0 N–H and O–H groups in total. The van der Waals surface area contributed by atoms with Gasteiger partial charge in [0.05, 0.1) is 5.92 Å². The fourth-order valence-corrected chi connectivity index (χ4v) is 4.23. The Kier molecular flexibility index (Phi) is 23.1. The largest absolute Gasteiger partial charge is 0.393 e. The fourth-order valence-electron chi connectivity index (χ4n) is 4.23. The molecule has 3 nitrogen and oxygen atoms in total. The van der Waals surface area contributed by atoms with E-state index >= 15 is 0 Å². The van der Waals surface area contributed by atoms with Gasteiger partial charge in [-0.1, -0.05) is 136 Å². The van der Waals surface area contributed by atoms with E-state index < -0.39 is 0 Å². The van der Waals surface area contributed by atoms with E-state index in [1.165, 1.54) is 103 Å². The number of rotatable bonds is 23. The highest BCUT2D eigenvalue weighted by molar-refractivity contribution is 5.86. The molecule has 3 heteroatoms. The summed E-state index contributed by atoms with van der Waals surface area (Å²) in [5.41, 5.74) is 0. The second-order valence-electron chi connectivity index (χ2n) is 9.47. The zero-order valence-corrected chi connectivity index (χ0v) is 21.4. The zero-order valence-electron chi connectivity index (χ0n) is 21.4. The van der Waals surface area contributed by atoms with Gasteiger partial charge in [-0.15, -0.1) is 0 Å². The van der Waals surface area contributed by atoms with Gasteiger partial charge in [0.2, 0.25) is 0 Å². The molecule has 1 atom stereocenters. The maximum Gasteiger partial charge on any atom is 0.316 e. The van der Waals surface area contributed by atoms with Crippen LogP contribution in [0.3, 0.4) is 0 Å². The number of carbonyl (C=O) groups excluding carboxylic acids is 2. The molecule has 31 heavy (non-hydrogen) atoms. The quantitative estimate of drug-likeness (QED) is 0.0906. The average Bonchev–Trinajstić information content (AvgIpc) is 2.75. The summed E-state index contributed by atoms with van der Waals surface area (Å²) in [6, 6.07) is 0. The van der Waals surface area contributed by atoms with Gasteiger partial charge in [-0.2, -0.15) is 0 Å². The molecule has 0 radical (unpaired) electrons. The van der Waals surface area contributed by atoms with E-state index in [2.05, 4.69) is 13.8 Å². The van der Waals surface area contributed by atoms with Crippen molar-refractivity contribution in [3.8, 4) is 0 Å². The molecule has 0 aromatic rings. The van der Waals surface area contributed by atoms with E-state index in [9.17, 15) is 9.59 Å². The summed E-state index contributed by atoms with van der Waals surface area (Å²) in [5.74, 6) is -0.705. The van der Waals surface area contributed by atoms with Gasteiger partial charge in [0.15, 0.2) is 0 Å². The minimum absolute atomic E-state index is 0.0880. The maximum atomic E-state index is 12.5. The Morgan fingerprint density at radius 1 is 0.516 bits per heavy atom. The third-order valence-electron chi connectivity index (χ3n) is 6.31. The van der Waals surface area contributed by atoms with Crippen molar-refractivity contribution in [1.29, 1.82) is 0 Å². The number of ether oxygens (including phenoxy) is 1. The van der Waals surface area contributed by atoms with E-state index in [4.69, 9.17) is 4.74 Å². The maximum absolute atomic E-state index is 12.5. The van der Waals surface area contributed by atoms with Crippen LogP contribution >= 0.6 is 0 Å². The second-order valence-corrected chi connectivity index (χ2v) is 9.47. The van der Waals surface area contributed by atoms with E-state index in [1.54, 1.807) is 0 Å². The molecule has 0 aliphatic carbocycles. The highest BCUT2D eigenvalue weighted by Gasteiger charge is 2.21. The van der Waals surface area contributed by atoms with Crippen molar-refractivity contribution in [2.75, 3.05) is 0 Å². The normalized spacial score (nSPS) is 12.1. The molecular weight excluding hydrogens is 384 g/mol. The highest BCUT2D eigenvalue weighted by atomic mass is 16.6. The number of hydrogen-bond donors (Lipinski definition) is 0. The monoisotopic (exact) mass is 438 g/mol. The lowest BCUT2D eigenvalue weighted by Crippen LogP contribution is -2.21. The Balaban J connectivity index is 4.04. The fraction of sp³-hybridized carbons (Fsp3) is 0.929. The smallest absolute Gasteiger partial charge is 0.316 e. The van der Waals surface area contributed by atoms with Crippen LogP contribution < -0.4 is 0 Å². The molecule has 0 fully saturated rings. The minimum atomic E-state index is -0.350. The predicted octanol–water partition coefficient (Wildman–Crippen LogP) is 9.31. The van der Waals surface area contributed by atoms with Crippen LogP contribution in [-0.4, -0.2) is 11.9 Å². The zero-order chi connectivity index (χ0) is 23.0. The van der Waals surface area contributed by atoms with Crippen molar-refractivity contribution in [1.82, 2.24) is 0 Å². The summed E-state index contributed by atoms with van der Waals surface area (Å²) in [4.78, 5) is 24.3. The Bertz CT molecular complexity index is 405. The summed E-state index contributed by atoms with van der Waals surface area (Å²) >= 11 is 0. The highest BCUT2D eigenvalue weighted by Crippen LogP contribution is 2.21. The first kappa shape index (κ1) is 30.1. The Morgan fingerprint density at radius 2 is 0.871 bits per heavy atom. The van der Waals surface area contributed by atoms with Crippen LogP contribution in [0.1, 0.15) is 162 Å². The van der Waals surface area contributed by atoms with Crippen LogP contribution in [-0.2, 0) is 14.3 Å². The Morgan fingerprint density at radius 3 is 1.23 bits per heavy atom. The first-order chi connectivity index (χ1) is 15.2. The van der Waals surface area contributed by atoms with Gasteiger partial charge in [-0.3, -0.25) is 9.59 Å². The third-order valence-corrected chi connectivity index (χ3v) is 6.31. The van der Waals surface area contributed by atoms with Crippen LogP contribution in [0.4, 0.5) is 0 Å². The number of esters is 2. The second kappa shape index (κ2) is 23.8. The van der Waals surface area contributed by atoms with Gasteiger partial charge in [0.1, 0.15) is 0 Å². The van der Waals surface area contributed by atoms with Crippen molar-refractivity contribution in [3.63, 3.8) is 0 Å². The van der Waals surface area contributed by atoms with Gasteiger partial charge >= 0.3 is 11.9 Å². The summed E-state index contributed by atoms with van der Waals surface area (Å²) in [7, 11) is 0. The van der Waals surface area contributed by atoms with Crippen molar-refractivity contribution < 1.29 is 14.3 Å². The lowest BCUT2D eigenvalue weighted by atomic mass is 9.94. The summed E-state index contributed by atoms with van der Waals surface area (Å²) in [6.45, 7) is 6.45. The van der Waals surface area contributed by atoms with Gasteiger partial charge in [-0.05, 0) is 19.3 Å². The summed E-state index contributed by atoms with van der Waals surface area (Å²) in [6.07, 6.45) is 26.0. The molecule has 0 aromatic heterocycles. The molecule has 0 heterocycles. The van der Waals surface area contributed by atoms with Crippen LogP contribution in [0.5, 0.6) is 0 Å². The van der Waals surface area contributed by atoms with Gasteiger partial charge < -0.3 is 4.74 Å². The number of unbranched alkanes of at least 4 members (excludes halogenated alkanes) is 16. The van der Waals surface area contributed by atoms with E-state index in [-0.39, 0.29) is 17.9 Å². The number of carbonyl (C=O) groups is 2. The Hall–Kier alpha value is -0.860. The molecule has 184 valence electrons. The number of hydrogen-bond acceptors (Lipinski definition) is 3. The lowest BCUT2D eigenvalue weighted by Gasteiger charge is -2.15. The van der Waals surface area contributed by atoms with Crippen LogP contribution in [0, 0.1) is 5.92 Å². The van der Waals surface area contributed by atoms with Gasteiger partial charge in [-0.25, -0.2) is 0 Å². The SMILES string of the molecule is CCCCCCCCCCCCC(CCCCCCCCCC)C(=O)OC(=O)CCC. The molecule has 0 aromatic carbocycles. The first-order valence-corrected chi connectivity index (χ1v) is 13.9. The standard InChI is InChI=1S/C28H54O3/c1-4-7-9-11-13-15-16-18-20-22-25-26(28(30)31-27(29)23-6-3)24-21-19-17-14-12-10-8-5-2/h26H,4-25H2,1-3H3. The predicted molar refractivity (Wildman–Crippen MR) is 133 cm³/mol. The molecule has 0 amide bonds. The average molecular weight is 439 g/mol. The van der Waals surface area contributed by atoms with E-state index in [0.717, 1.165) is 32.1 Å². The summed E-state index contributed by atoms with van der Waals surface area (Å²) < 4.78 is 5.14. The summed E-state index contributed by atoms with van der Waals surface area (Å²) in [5, 5.41) is 0. The minimum Gasteiger partial charge on any atom is -0.393 e. The first-order valence-electron chi connectivity index (χ1n) is 13.9. The van der Waals surface area contributed by atoms with Crippen LogP contribution in [0.15, 0.2) is 0 Å². The topological polar surface area (TPSA) is 43.4 Å².